The van der Waals surface area contributed by atoms with Gasteiger partial charge in [-0.05, 0) is 24.1 Å². The zero-order valence-electron chi connectivity index (χ0n) is 8.45. The Morgan fingerprint density at radius 3 is 2.86 bits per heavy atom. The van der Waals surface area contributed by atoms with Crippen molar-refractivity contribution in [1.29, 1.82) is 0 Å². The molecule has 0 saturated heterocycles. The van der Waals surface area contributed by atoms with Crippen LogP contribution in [0.4, 0.5) is 5.69 Å². The third-order valence-electron chi connectivity index (χ3n) is 2.86. The lowest BCUT2D eigenvalue weighted by Gasteiger charge is -2.09. The molecule has 0 spiro atoms. The Morgan fingerprint density at radius 2 is 2.21 bits per heavy atom. The second kappa shape index (κ2) is 3.10. The molecule has 1 amide bonds. The highest BCUT2D eigenvalue weighted by Crippen LogP contribution is 2.36. The summed E-state index contributed by atoms with van der Waals surface area (Å²) >= 11 is 0. The van der Waals surface area contributed by atoms with Crippen LogP contribution in [0.2, 0.25) is 0 Å². The fourth-order valence-electron chi connectivity index (χ4n) is 1.93. The van der Waals surface area contributed by atoms with Crippen LogP contribution >= 0.6 is 0 Å². The third-order valence-corrected chi connectivity index (χ3v) is 2.86. The van der Waals surface area contributed by atoms with E-state index in [1.165, 1.54) is 0 Å². The van der Waals surface area contributed by atoms with Crippen LogP contribution in [0.15, 0.2) is 18.2 Å². The molecule has 0 aliphatic carbocycles. The van der Waals surface area contributed by atoms with Crippen molar-refractivity contribution in [3.05, 3.63) is 29.3 Å². The predicted molar refractivity (Wildman–Crippen MR) is 56.2 cm³/mol. The molecule has 1 atom stereocenters. The van der Waals surface area contributed by atoms with Crippen LogP contribution < -0.4 is 10.6 Å². The molecule has 2 rings (SSSR count). The number of hydrogen-bond acceptors (Lipinski definition) is 2. The number of benzene rings is 1. The van der Waals surface area contributed by atoms with Gasteiger partial charge in [-0.3, -0.25) is 4.79 Å². The SMILES string of the molecule is CC1C(=O)N(C)c2ccc(CN)cc21. The fraction of sp³-hybridized carbons (Fsp3) is 0.364. The van der Waals surface area contributed by atoms with Crippen LogP contribution in [0, 0.1) is 0 Å². The summed E-state index contributed by atoms with van der Waals surface area (Å²) in [4.78, 5) is 13.4. The Morgan fingerprint density at radius 1 is 1.50 bits per heavy atom. The number of amides is 1. The van der Waals surface area contributed by atoms with Gasteiger partial charge >= 0.3 is 0 Å². The van der Waals surface area contributed by atoms with E-state index in [-0.39, 0.29) is 11.8 Å². The molecule has 1 aromatic rings. The highest BCUT2D eigenvalue weighted by Gasteiger charge is 2.31. The van der Waals surface area contributed by atoms with Gasteiger partial charge in [0.1, 0.15) is 0 Å². The van der Waals surface area contributed by atoms with Crippen LogP contribution in [-0.4, -0.2) is 13.0 Å². The van der Waals surface area contributed by atoms with Crippen molar-refractivity contribution in [2.75, 3.05) is 11.9 Å². The molecule has 1 aromatic carbocycles. The number of fused-ring (bicyclic) bond motifs is 1. The van der Waals surface area contributed by atoms with Gasteiger partial charge in [0, 0.05) is 19.3 Å². The summed E-state index contributed by atoms with van der Waals surface area (Å²) in [6.07, 6.45) is 0. The Kier molecular flexibility index (Phi) is 2.04. The van der Waals surface area contributed by atoms with E-state index < -0.39 is 0 Å². The number of nitrogens with zero attached hydrogens (tertiary/aromatic N) is 1. The van der Waals surface area contributed by atoms with E-state index in [9.17, 15) is 4.79 Å². The smallest absolute Gasteiger partial charge is 0.234 e. The number of carbonyl (C=O) groups is 1. The molecule has 0 bridgehead atoms. The highest BCUT2D eigenvalue weighted by molar-refractivity contribution is 6.04. The van der Waals surface area contributed by atoms with Gasteiger partial charge < -0.3 is 10.6 Å². The van der Waals surface area contributed by atoms with Crippen molar-refractivity contribution in [3.8, 4) is 0 Å². The van der Waals surface area contributed by atoms with E-state index in [0.717, 1.165) is 16.8 Å². The summed E-state index contributed by atoms with van der Waals surface area (Å²) in [5.74, 6) is 0.135. The van der Waals surface area contributed by atoms with Gasteiger partial charge in [0.25, 0.3) is 0 Å². The molecule has 74 valence electrons. The minimum atomic E-state index is -0.0264. The van der Waals surface area contributed by atoms with Crippen LogP contribution in [0.5, 0.6) is 0 Å². The number of nitrogens with two attached hydrogens (primary N) is 1. The summed E-state index contributed by atoms with van der Waals surface area (Å²) < 4.78 is 0. The lowest BCUT2D eigenvalue weighted by molar-refractivity contribution is -0.118. The van der Waals surface area contributed by atoms with E-state index in [2.05, 4.69) is 0 Å². The van der Waals surface area contributed by atoms with E-state index in [1.807, 2.05) is 32.2 Å². The first-order chi connectivity index (χ1) is 6.65. The molecule has 3 heteroatoms. The van der Waals surface area contributed by atoms with Gasteiger partial charge in [0.05, 0.1) is 5.92 Å². The lowest BCUT2D eigenvalue weighted by Crippen LogP contribution is -2.22. The first-order valence-corrected chi connectivity index (χ1v) is 4.75. The maximum atomic E-state index is 11.7. The first kappa shape index (κ1) is 9.21. The summed E-state index contributed by atoms with van der Waals surface area (Å²) in [7, 11) is 1.81. The average Bonchev–Trinajstić information content (AvgIpc) is 2.44. The van der Waals surface area contributed by atoms with Crippen LogP contribution in [0.1, 0.15) is 24.0 Å². The van der Waals surface area contributed by atoms with Crippen molar-refractivity contribution in [1.82, 2.24) is 0 Å². The Balaban J connectivity index is 2.53. The van der Waals surface area contributed by atoms with Gasteiger partial charge in [0.2, 0.25) is 5.91 Å². The molecule has 14 heavy (non-hydrogen) atoms. The topological polar surface area (TPSA) is 46.3 Å². The van der Waals surface area contributed by atoms with E-state index in [1.54, 1.807) is 4.90 Å². The van der Waals surface area contributed by atoms with Crippen molar-refractivity contribution in [2.45, 2.75) is 19.4 Å². The highest BCUT2D eigenvalue weighted by atomic mass is 16.2. The summed E-state index contributed by atoms with van der Waals surface area (Å²) in [5.41, 5.74) is 8.75. The van der Waals surface area contributed by atoms with Gasteiger partial charge in [-0.2, -0.15) is 0 Å². The molecular weight excluding hydrogens is 176 g/mol. The summed E-state index contributed by atoms with van der Waals surface area (Å²) in [6, 6.07) is 5.97. The molecule has 0 radical (unpaired) electrons. The predicted octanol–water partition coefficient (Wildman–Crippen LogP) is 1.23. The quantitative estimate of drug-likeness (QED) is 0.723. The zero-order chi connectivity index (χ0) is 10.3. The number of likely N-dealkylation sites (N-methyl/N-ethyl adjacent to an activating group) is 1. The van der Waals surface area contributed by atoms with E-state index in [0.29, 0.717) is 6.54 Å². The van der Waals surface area contributed by atoms with E-state index >= 15 is 0 Å². The number of hydrogen-bond donors (Lipinski definition) is 1. The maximum absolute atomic E-state index is 11.7. The second-order valence-electron chi connectivity index (χ2n) is 3.72. The standard InChI is InChI=1S/C11H14N2O/c1-7-9-5-8(6-12)3-4-10(9)13(2)11(7)14/h3-5,7H,6,12H2,1-2H3. The first-order valence-electron chi connectivity index (χ1n) is 4.75. The van der Waals surface area contributed by atoms with Gasteiger partial charge in [-0.1, -0.05) is 12.1 Å². The minimum absolute atomic E-state index is 0.0264. The summed E-state index contributed by atoms with van der Waals surface area (Å²) in [6.45, 7) is 2.46. The van der Waals surface area contributed by atoms with Crippen LogP contribution in [0.25, 0.3) is 0 Å². The molecule has 1 heterocycles. The molecule has 0 fully saturated rings. The fourth-order valence-corrected chi connectivity index (χ4v) is 1.93. The monoisotopic (exact) mass is 190 g/mol. The second-order valence-corrected chi connectivity index (χ2v) is 3.72. The largest absolute Gasteiger partial charge is 0.326 e. The summed E-state index contributed by atoms with van der Waals surface area (Å²) in [5, 5.41) is 0. The Bertz CT molecular complexity index is 387. The van der Waals surface area contributed by atoms with Crippen LogP contribution in [-0.2, 0) is 11.3 Å². The van der Waals surface area contributed by atoms with E-state index in [4.69, 9.17) is 5.73 Å². The number of rotatable bonds is 1. The van der Waals surface area contributed by atoms with Crippen molar-refractivity contribution < 1.29 is 4.79 Å². The van der Waals surface area contributed by atoms with Crippen molar-refractivity contribution in [2.24, 2.45) is 5.73 Å². The minimum Gasteiger partial charge on any atom is -0.326 e. The molecule has 0 aromatic heterocycles. The molecule has 0 saturated carbocycles. The molecular formula is C11H14N2O. The molecule has 1 aliphatic heterocycles. The van der Waals surface area contributed by atoms with Crippen LogP contribution in [0.3, 0.4) is 0 Å². The maximum Gasteiger partial charge on any atom is 0.234 e. The zero-order valence-corrected chi connectivity index (χ0v) is 8.45. The molecule has 1 aliphatic rings. The Hall–Kier alpha value is -1.35. The van der Waals surface area contributed by atoms with Gasteiger partial charge in [0.15, 0.2) is 0 Å². The molecule has 3 nitrogen and oxygen atoms in total. The van der Waals surface area contributed by atoms with Gasteiger partial charge in [-0.15, -0.1) is 0 Å². The Labute approximate surface area is 83.5 Å². The van der Waals surface area contributed by atoms with Crippen molar-refractivity contribution in [3.63, 3.8) is 0 Å². The van der Waals surface area contributed by atoms with Crippen molar-refractivity contribution >= 4 is 11.6 Å². The average molecular weight is 190 g/mol. The normalized spacial score (nSPS) is 20.1. The lowest BCUT2D eigenvalue weighted by atomic mass is 10.0. The molecule has 2 N–H and O–H groups in total. The van der Waals surface area contributed by atoms with Gasteiger partial charge in [-0.25, -0.2) is 0 Å². The number of anilines is 1. The third kappa shape index (κ3) is 1.13. The molecule has 1 unspecified atom stereocenters. The number of carbonyl (C=O) groups excluding carboxylic acids is 1.